The molecule has 0 aromatic heterocycles. The molecule has 0 aliphatic carbocycles. The monoisotopic (exact) mass is 165 g/mol. The highest BCUT2D eigenvalue weighted by molar-refractivity contribution is 5.52. The van der Waals surface area contributed by atoms with Crippen LogP contribution in [0, 0.1) is 0 Å². The van der Waals surface area contributed by atoms with Crippen LogP contribution in [0.5, 0.6) is 0 Å². The lowest BCUT2D eigenvalue weighted by molar-refractivity contribution is -0.108. The number of hydrogen-bond acceptors (Lipinski definition) is 2. The Bertz CT molecular complexity index is 194. The predicted molar refractivity (Wildman–Crippen MR) is 52.0 cm³/mol. The highest BCUT2D eigenvalue weighted by atomic mass is 16.1. The highest BCUT2D eigenvalue weighted by Crippen LogP contribution is 1.98. The number of aldehydes is 1. The first-order valence-electron chi connectivity index (χ1n) is 3.80. The molecule has 0 atom stereocenters. The van der Waals surface area contributed by atoms with E-state index in [1.54, 1.807) is 12.2 Å². The summed E-state index contributed by atoms with van der Waals surface area (Å²) < 4.78 is 0. The zero-order valence-electron chi connectivity index (χ0n) is 7.49. The summed E-state index contributed by atoms with van der Waals surface area (Å²) in [5.74, 6) is 0. The van der Waals surface area contributed by atoms with Gasteiger partial charge in [-0.25, -0.2) is 0 Å². The summed E-state index contributed by atoms with van der Waals surface area (Å²) in [5, 5.41) is 0. The molecule has 0 N–H and O–H groups in total. The van der Waals surface area contributed by atoms with Gasteiger partial charge in [0.15, 0.2) is 0 Å². The molecule has 0 aromatic carbocycles. The number of carbonyl (C=O) groups is 1. The van der Waals surface area contributed by atoms with Crippen LogP contribution in [0.25, 0.3) is 0 Å². The van der Waals surface area contributed by atoms with Crippen LogP contribution in [-0.4, -0.2) is 31.3 Å². The van der Waals surface area contributed by atoms with Gasteiger partial charge in [0.25, 0.3) is 0 Å². The van der Waals surface area contributed by atoms with Gasteiger partial charge in [-0.1, -0.05) is 31.4 Å². The van der Waals surface area contributed by atoms with Gasteiger partial charge in [0.05, 0.1) is 6.54 Å². The maximum Gasteiger partial charge on any atom is 0.133 e. The summed E-state index contributed by atoms with van der Waals surface area (Å²) in [5.41, 5.74) is 1.06. The molecule has 0 saturated carbocycles. The number of allylic oxidation sites excluding steroid dienone is 2. The topological polar surface area (TPSA) is 20.3 Å². The van der Waals surface area contributed by atoms with Crippen LogP contribution < -0.4 is 0 Å². The molecule has 0 rings (SSSR count). The van der Waals surface area contributed by atoms with Crippen molar-refractivity contribution in [1.29, 1.82) is 0 Å². The molecule has 0 amide bonds. The van der Waals surface area contributed by atoms with E-state index in [9.17, 15) is 4.79 Å². The third-order valence-electron chi connectivity index (χ3n) is 1.43. The highest BCUT2D eigenvalue weighted by Gasteiger charge is 1.97. The lowest BCUT2D eigenvalue weighted by atomic mass is 10.2. The predicted octanol–water partition coefficient (Wildman–Crippen LogP) is 1.42. The third-order valence-corrected chi connectivity index (χ3v) is 1.43. The van der Waals surface area contributed by atoms with Crippen LogP contribution >= 0.6 is 0 Å². The van der Waals surface area contributed by atoms with Crippen molar-refractivity contribution >= 4 is 6.29 Å². The molecular weight excluding hydrogens is 150 g/mol. The van der Waals surface area contributed by atoms with Crippen molar-refractivity contribution in [2.75, 3.05) is 20.1 Å². The minimum Gasteiger partial charge on any atom is -0.302 e. The van der Waals surface area contributed by atoms with Crippen molar-refractivity contribution in [3.05, 3.63) is 37.0 Å². The van der Waals surface area contributed by atoms with E-state index in [-0.39, 0.29) is 0 Å². The van der Waals surface area contributed by atoms with Crippen LogP contribution in [-0.2, 0) is 4.79 Å². The fourth-order valence-electron chi connectivity index (χ4n) is 0.840. The van der Waals surface area contributed by atoms with Crippen molar-refractivity contribution in [1.82, 2.24) is 4.90 Å². The van der Waals surface area contributed by atoms with Gasteiger partial charge >= 0.3 is 0 Å². The van der Waals surface area contributed by atoms with Crippen LogP contribution in [0.15, 0.2) is 37.0 Å². The van der Waals surface area contributed by atoms with Crippen molar-refractivity contribution in [3.63, 3.8) is 0 Å². The molecule has 0 aliphatic heterocycles. The van der Waals surface area contributed by atoms with E-state index in [4.69, 9.17) is 0 Å². The van der Waals surface area contributed by atoms with Gasteiger partial charge in [-0.2, -0.15) is 0 Å². The van der Waals surface area contributed by atoms with Crippen molar-refractivity contribution < 1.29 is 4.79 Å². The molecule has 2 heteroatoms. The quantitative estimate of drug-likeness (QED) is 0.438. The maximum atomic E-state index is 10.1. The van der Waals surface area contributed by atoms with Crippen LogP contribution in [0.2, 0.25) is 0 Å². The number of rotatable bonds is 6. The summed E-state index contributed by atoms with van der Waals surface area (Å²) in [6.45, 7) is 8.43. The Hall–Kier alpha value is -1.15. The molecule has 0 radical (unpaired) electrons. The molecule has 0 spiro atoms. The molecule has 0 heterocycles. The van der Waals surface area contributed by atoms with Crippen LogP contribution in [0.1, 0.15) is 0 Å². The lowest BCUT2D eigenvalue weighted by Gasteiger charge is -2.12. The van der Waals surface area contributed by atoms with Crippen molar-refractivity contribution in [2.24, 2.45) is 0 Å². The van der Waals surface area contributed by atoms with E-state index in [1.807, 2.05) is 18.0 Å². The van der Waals surface area contributed by atoms with E-state index >= 15 is 0 Å². The molecule has 66 valence electrons. The Morgan fingerprint density at radius 1 is 1.50 bits per heavy atom. The number of nitrogens with zero attached hydrogens (tertiary/aromatic N) is 1. The second-order valence-electron chi connectivity index (χ2n) is 2.54. The second kappa shape index (κ2) is 6.55. The molecule has 0 bridgehead atoms. The SMILES string of the molecule is C=C/C=C(\C=C)CN(C)CC=O. The Kier molecular flexibility index (Phi) is 5.93. The summed E-state index contributed by atoms with van der Waals surface area (Å²) in [6.07, 6.45) is 6.25. The first kappa shape index (κ1) is 10.8. The number of carbonyl (C=O) groups excluding carboxylic acids is 1. The van der Waals surface area contributed by atoms with E-state index in [2.05, 4.69) is 13.2 Å². The number of hydrogen-bond donors (Lipinski definition) is 0. The first-order valence-corrected chi connectivity index (χ1v) is 3.80. The largest absolute Gasteiger partial charge is 0.302 e. The van der Waals surface area contributed by atoms with Gasteiger partial charge in [-0.3, -0.25) is 4.90 Å². The summed E-state index contributed by atoms with van der Waals surface area (Å²) >= 11 is 0. The molecule has 0 unspecified atom stereocenters. The minimum absolute atomic E-state index is 0.447. The van der Waals surface area contributed by atoms with Gasteiger partial charge < -0.3 is 4.79 Å². The average molecular weight is 165 g/mol. The van der Waals surface area contributed by atoms with Crippen LogP contribution in [0.3, 0.4) is 0 Å². The summed E-state index contributed by atoms with van der Waals surface area (Å²) in [7, 11) is 1.88. The molecule has 0 fully saturated rings. The zero-order chi connectivity index (χ0) is 9.40. The first-order chi connectivity index (χ1) is 5.74. The molecule has 0 aliphatic rings. The average Bonchev–Trinajstić information content (AvgIpc) is 2.04. The van der Waals surface area contributed by atoms with E-state index in [0.717, 1.165) is 18.4 Å². The lowest BCUT2D eigenvalue weighted by Crippen LogP contribution is -2.22. The second-order valence-corrected chi connectivity index (χ2v) is 2.54. The normalized spacial score (nSPS) is 11.3. The maximum absolute atomic E-state index is 10.1. The molecule has 0 aromatic rings. The van der Waals surface area contributed by atoms with E-state index in [1.165, 1.54) is 0 Å². The van der Waals surface area contributed by atoms with Gasteiger partial charge in [-0.15, -0.1) is 0 Å². The molecular formula is C10H15NO. The fourth-order valence-corrected chi connectivity index (χ4v) is 0.840. The standard InChI is InChI=1S/C10H15NO/c1-4-6-10(5-2)9-11(3)7-8-12/h4-6,8H,1-2,7,9H2,3H3/b10-6+. The minimum atomic E-state index is 0.447. The molecule has 12 heavy (non-hydrogen) atoms. The van der Waals surface area contributed by atoms with Crippen molar-refractivity contribution in [2.45, 2.75) is 0 Å². The van der Waals surface area contributed by atoms with Crippen molar-refractivity contribution in [3.8, 4) is 0 Å². The van der Waals surface area contributed by atoms with E-state index in [0.29, 0.717) is 6.54 Å². The van der Waals surface area contributed by atoms with E-state index < -0.39 is 0 Å². The zero-order valence-corrected chi connectivity index (χ0v) is 7.49. The van der Waals surface area contributed by atoms with Gasteiger partial charge in [-0.05, 0) is 12.6 Å². The van der Waals surface area contributed by atoms with Gasteiger partial charge in [0.1, 0.15) is 6.29 Å². The van der Waals surface area contributed by atoms with Gasteiger partial charge in [0.2, 0.25) is 0 Å². The smallest absolute Gasteiger partial charge is 0.133 e. The Morgan fingerprint density at radius 2 is 2.17 bits per heavy atom. The van der Waals surface area contributed by atoms with Crippen LogP contribution in [0.4, 0.5) is 0 Å². The summed E-state index contributed by atoms with van der Waals surface area (Å²) in [6, 6.07) is 0. The number of likely N-dealkylation sites (N-methyl/N-ethyl adjacent to an activating group) is 1. The molecule has 0 saturated heterocycles. The summed E-state index contributed by atoms with van der Waals surface area (Å²) in [4.78, 5) is 12.0. The third kappa shape index (κ3) is 4.63. The Balaban J connectivity index is 4.01. The van der Waals surface area contributed by atoms with Gasteiger partial charge in [0, 0.05) is 6.54 Å². The Morgan fingerprint density at radius 3 is 2.58 bits per heavy atom. The molecule has 2 nitrogen and oxygen atoms in total. The fraction of sp³-hybridized carbons (Fsp3) is 0.300. The Labute approximate surface area is 73.9 Å².